The highest BCUT2D eigenvalue weighted by Crippen LogP contribution is 2.24. The molecule has 0 bridgehead atoms. The number of nitrogens with zero attached hydrogens (tertiary/aromatic N) is 1. The molecule has 1 aliphatic rings. The molecule has 1 amide bonds. The second-order valence-corrected chi connectivity index (χ2v) is 9.13. The highest BCUT2D eigenvalue weighted by atomic mass is 32.2. The highest BCUT2D eigenvalue weighted by Gasteiger charge is 2.27. The Bertz CT molecular complexity index is 900. The van der Waals surface area contributed by atoms with Crippen LogP contribution >= 0.6 is 0 Å². The normalized spacial score (nSPS) is 16.1. The van der Waals surface area contributed by atoms with Gasteiger partial charge >= 0.3 is 0 Å². The molecule has 0 aliphatic carbocycles. The van der Waals surface area contributed by atoms with Gasteiger partial charge in [0.25, 0.3) is 5.91 Å². The molecule has 1 heterocycles. The molecule has 6 nitrogen and oxygen atoms in total. The van der Waals surface area contributed by atoms with Crippen molar-refractivity contribution in [1.29, 1.82) is 0 Å². The Labute approximate surface area is 166 Å². The Hall–Kier alpha value is -2.22. The van der Waals surface area contributed by atoms with E-state index < -0.39 is 10.0 Å². The molecule has 0 spiro atoms. The summed E-state index contributed by atoms with van der Waals surface area (Å²) in [5.41, 5.74) is 2.07. The SMILES string of the molecule is COCc1ccc(C(=O)Nc2ccc(S(=O)(=O)N3CCC(C)CC3)cc2)cc1. The van der Waals surface area contributed by atoms with Crippen LogP contribution in [0, 0.1) is 5.92 Å². The Morgan fingerprint density at radius 1 is 1.07 bits per heavy atom. The minimum Gasteiger partial charge on any atom is -0.380 e. The van der Waals surface area contributed by atoms with E-state index in [0.717, 1.165) is 18.4 Å². The predicted molar refractivity (Wildman–Crippen MR) is 109 cm³/mol. The van der Waals surface area contributed by atoms with Crippen molar-refractivity contribution in [2.24, 2.45) is 5.92 Å². The van der Waals surface area contributed by atoms with Crippen LogP contribution < -0.4 is 5.32 Å². The lowest BCUT2D eigenvalue weighted by molar-refractivity contribution is 0.102. The lowest BCUT2D eigenvalue weighted by Crippen LogP contribution is -2.37. The fraction of sp³-hybridized carbons (Fsp3) is 0.381. The largest absolute Gasteiger partial charge is 0.380 e. The molecule has 0 aromatic heterocycles. The first kappa shape index (κ1) is 20.5. The number of carbonyl (C=O) groups is 1. The molecule has 1 N–H and O–H groups in total. The zero-order valence-electron chi connectivity index (χ0n) is 16.2. The van der Waals surface area contributed by atoms with E-state index in [4.69, 9.17) is 4.74 Å². The number of hydrogen-bond donors (Lipinski definition) is 1. The standard InChI is InChI=1S/C21H26N2O4S/c1-16-11-13-23(14-12-16)28(25,26)20-9-7-19(8-10-20)22-21(24)18-5-3-17(4-6-18)15-27-2/h3-10,16H,11-15H2,1-2H3,(H,22,24). The van der Waals surface area contributed by atoms with Crippen LogP contribution in [0.25, 0.3) is 0 Å². The van der Waals surface area contributed by atoms with E-state index in [1.54, 1.807) is 47.8 Å². The van der Waals surface area contributed by atoms with Crippen molar-refractivity contribution in [3.8, 4) is 0 Å². The molecule has 28 heavy (non-hydrogen) atoms. The fourth-order valence-corrected chi connectivity index (χ4v) is 4.68. The van der Waals surface area contributed by atoms with Crippen molar-refractivity contribution in [2.45, 2.75) is 31.3 Å². The summed E-state index contributed by atoms with van der Waals surface area (Å²) < 4.78 is 32.1. The van der Waals surface area contributed by atoms with Crippen LogP contribution in [-0.4, -0.2) is 38.8 Å². The van der Waals surface area contributed by atoms with Gasteiger partial charge in [0, 0.05) is 31.5 Å². The van der Waals surface area contributed by atoms with Crippen LogP contribution in [0.1, 0.15) is 35.7 Å². The number of amides is 1. The zero-order valence-corrected chi connectivity index (χ0v) is 17.0. The van der Waals surface area contributed by atoms with E-state index in [-0.39, 0.29) is 10.8 Å². The van der Waals surface area contributed by atoms with Crippen LogP contribution in [0.15, 0.2) is 53.4 Å². The summed E-state index contributed by atoms with van der Waals surface area (Å²) in [5, 5.41) is 2.80. The summed E-state index contributed by atoms with van der Waals surface area (Å²) in [7, 11) is -1.86. The Balaban J connectivity index is 1.66. The zero-order chi connectivity index (χ0) is 20.1. The second kappa shape index (κ2) is 8.86. The lowest BCUT2D eigenvalue weighted by Gasteiger charge is -2.29. The first-order chi connectivity index (χ1) is 13.4. The molecule has 2 aromatic carbocycles. The number of piperidine rings is 1. The summed E-state index contributed by atoms with van der Waals surface area (Å²) >= 11 is 0. The molecule has 1 fully saturated rings. The number of carbonyl (C=O) groups excluding carboxylic acids is 1. The molecule has 0 saturated carbocycles. The molecule has 150 valence electrons. The summed E-state index contributed by atoms with van der Waals surface area (Å²) in [5.74, 6) is 0.317. The molecular formula is C21H26N2O4S. The quantitative estimate of drug-likeness (QED) is 0.802. The third-order valence-corrected chi connectivity index (χ3v) is 6.93. The Morgan fingerprint density at radius 2 is 1.68 bits per heavy atom. The predicted octanol–water partition coefficient (Wildman–Crippen LogP) is 3.51. The Kier molecular flexibility index (Phi) is 6.49. The smallest absolute Gasteiger partial charge is 0.255 e. The number of hydrogen-bond acceptors (Lipinski definition) is 4. The molecule has 0 atom stereocenters. The number of anilines is 1. The van der Waals surface area contributed by atoms with Crippen LogP contribution in [0.3, 0.4) is 0 Å². The molecule has 3 rings (SSSR count). The average Bonchev–Trinajstić information content (AvgIpc) is 2.69. The van der Waals surface area contributed by atoms with Gasteiger partial charge < -0.3 is 10.1 Å². The van der Waals surface area contributed by atoms with Gasteiger partial charge in [-0.15, -0.1) is 0 Å². The number of ether oxygens (including phenoxy) is 1. The molecular weight excluding hydrogens is 376 g/mol. The van der Waals surface area contributed by atoms with E-state index in [1.165, 1.54) is 0 Å². The Morgan fingerprint density at radius 3 is 2.25 bits per heavy atom. The van der Waals surface area contributed by atoms with Gasteiger partial charge in [0.1, 0.15) is 0 Å². The topological polar surface area (TPSA) is 75.7 Å². The monoisotopic (exact) mass is 402 g/mol. The van der Waals surface area contributed by atoms with Crippen molar-refractivity contribution >= 4 is 21.6 Å². The summed E-state index contributed by atoms with van der Waals surface area (Å²) in [6, 6.07) is 13.5. The average molecular weight is 403 g/mol. The van der Waals surface area contributed by atoms with Gasteiger partial charge in [-0.2, -0.15) is 4.31 Å². The number of sulfonamides is 1. The van der Waals surface area contributed by atoms with Gasteiger partial charge in [0.05, 0.1) is 11.5 Å². The van der Waals surface area contributed by atoms with Crippen molar-refractivity contribution in [3.63, 3.8) is 0 Å². The molecule has 1 saturated heterocycles. The van der Waals surface area contributed by atoms with E-state index >= 15 is 0 Å². The van der Waals surface area contributed by atoms with E-state index in [9.17, 15) is 13.2 Å². The van der Waals surface area contributed by atoms with E-state index in [2.05, 4.69) is 12.2 Å². The van der Waals surface area contributed by atoms with Gasteiger partial charge in [-0.1, -0.05) is 19.1 Å². The highest BCUT2D eigenvalue weighted by molar-refractivity contribution is 7.89. The number of rotatable bonds is 6. The van der Waals surface area contributed by atoms with Gasteiger partial charge in [0.2, 0.25) is 10.0 Å². The number of methoxy groups -OCH3 is 1. The molecule has 7 heteroatoms. The first-order valence-corrected chi connectivity index (χ1v) is 10.8. The van der Waals surface area contributed by atoms with E-state index in [0.29, 0.717) is 36.9 Å². The third-order valence-electron chi connectivity index (χ3n) is 5.02. The van der Waals surface area contributed by atoms with Gasteiger partial charge in [0.15, 0.2) is 0 Å². The van der Waals surface area contributed by atoms with Gasteiger partial charge in [-0.25, -0.2) is 8.42 Å². The summed E-state index contributed by atoms with van der Waals surface area (Å²) in [4.78, 5) is 12.6. The van der Waals surface area contributed by atoms with Crippen molar-refractivity contribution in [2.75, 3.05) is 25.5 Å². The maximum atomic E-state index is 12.8. The van der Waals surface area contributed by atoms with Gasteiger partial charge in [-0.3, -0.25) is 4.79 Å². The number of benzene rings is 2. The van der Waals surface area contributed by atoms with Crippen LogP contribution in [0.2, 0.25) is 0 Å². The maximum Gasteiger partial charge on any atom is 0.255 e. The molecule has 0 unspecified atom stereocenters. The van der Waals surface area contributed by atoms with Crippen molar-refractivity contribution in [1.82, 2.24) is 4.31 Å². The minimum absolute atomic E-state index is 0.246. The first-order valence-electron chi connectivity index (χ1n) is 9.39. The molecule has 1 aliphatic heterocycles. The van der Waals surface area contributed by atoms with Crippen LogP contribution in [0.4, 0.5) is 5.69 Å². The van der Waals surface area contributed by atoms with Gasteiger partial charge in [-0.05, 0) is 60.7 Å². The third kappa shape index (κ3) is 4.79. The lowest BCUT2D eigenvalue weighted by atomic mass is 10.0. The van der Waals surface area contributed by atoms with E-state index in [1.807, 2.05) is 12.1 Å². The summed E-state index contributed by atoms with van der Waals surface area (Å²) in [6.45, 7) is 3.75. The summed E-state index contributed by atoms with van der Waals surface area (Å²) in [6.07, 6.45) is 1.77. The molecule has 0 radical (unpaired) electrons. The second-order valence-electron chi connectivity index (χ2n) is 7.20. The van der Waals surface area contributed by atoms with Crippen LogP contribution in [0.5, 0.6) is 0 Å². The molecule has 2 aromatic rings. The van der Waals surface area contributed by atoms with Crippen molar-refractivity contribution < 1.29 is 17.9 Å². The number of nitrogens with one attached hydrogen (secondary N) is 1. The maximum absolute atomic E-state index is 12.8. The van der Waals surface area contributed by atoms with Crippen LogP contribution in [-0.2, 0) is 21.4 Å². The fourth-order valence-electron chi connectivity index (χ4n) is 3.21. The minimum atomic E-state index is -3.48. The van der Waals surface area contributed by atoms with Crippen molar-refractivity contribution in [3.05, 3.63) is 59.7 Å².